The molecule has 15 heavy (non-hydrogen) atoms. The molecule has 80 valence electrons. The number of carboxylic acid groups (broad SMARTS) is 1. The lowest BCUT2D eigenvalue weighted by atomic mass is 10.00. The van der Waals surface area contributed by atoms with Gasteiger partial charge in [-0.15, -0.1) is 0 Å². The Morgan fingerprint density at radius 1 is 1.47 bits per heavy atom. The normalized spacial score (nSPS) is 11.2. The molecule has 1 aromatic rings. The Bertz CT molecular complexity index is 395. The van der Waals surface area contributed by atoms with Gasteiger partial charge in [0, 0.05) is 11.6 Å². The molecular weight excluding hydrogens is 195 g/mol. The molecule has 0 atom stereocenters. The van der Waals surface area contributed by atoms with Crippen LogP contribution in [-0.4, -0.2) is 11.1 Å². The first-order valence-corrected chi connectivity index (χ1v) is 4.71. The second-order valence-corrected chi connectivity index (χ2v) is 3.58. The van der Waals surface area contributed by atoms with E-state index in [4.69, 9.17) is 5.11 Å². The third-order valence-corrected chi connectivity index (χ3v) is 2.09. The van der Waals surface area contributed by atoms with E-state index >= 15 is 0 Å². The fraction of sp³-hybridized carbons (Fsp3) is 0.250. The molecule has 0 fully saturated rings. The Hall–Kier alpha value is -1.64. The van der Waals surface area contributed by atoms with Gasteiger partial charge in [0.05, 0.1) is 0 Å². The van der Waals surface area contributed by atoms with Crippen LogP contribution in [0.5, 0.6) is 0 Å². The van der Waals surface area contributed by atoms with Crippen molar-refractivity contribution in [2.24, 2.45) is 0 Å². The van der Waals surface area contributed by atoms with E-state index in [0.717, 1.165) is 6.08 Å². The molecule has 0 aromatic heterocycles. The Kier molecular flexibility index (Phi) is 3.61. The minimum Gasteiger partial charge on any atom is -0.478 e. The van der Waals surface area contributed by atoms with Crippen molar-refractivity contribution in [3.05, 3.63) is 41.2 Å². The summed E-state index contributed by atoms with van der Waals surface area (Å²) < 4.78 is 13.7. The molecule has 1 N–H and O–H groups in total. The van der Waals surface area contributed by atoms with E-state index in [1.165, 1.54) is 6.08 Å². The predicted molar refractivity (Wildman–Crippen MR) is 57.2 cm³/mol. The van der Waals surface area contributed by atoms with Gasteiger partial charge in [-0.05, 0) is 17.6 Å². The molecule has 2 nitrogen and oxygen atoms in total. The summed E-state index contributed by atoms with van der Waals surface area (Å²) >= 11 is 0. The summed E-state index contributed by atoms with van der Waals surface area (Å²) in [4.78, 5) is 10.3. The lowest BCUT2D eigenvalue weighted by Gasteiger charge is -2.08. The summed E-state index contributed by atoms with van der Waals surface area (Å²) in [6, 6.07) is 4.98. The van der Waals surface area contributed by atoms with Crippen LogP contribution in [0.15, 0.2) is 24.3 Å². The summed E-state index contributed by atoms with van der Waals surface area (Å²) in [7, 11) is 0. The highest BCUT2D eigenvalue weighted by Gasteiger charge is 2.08. The number of carbonyl (C=O) groups is 1. The van der Waals surface area contributed by atoms with Gasteiger partial charge in [-0.3, -0.25) is 0 Å². The van der Waals surface area contributed by atoms with E-state index < -0.39 is 5.97 Å². The molecule has 0 aliphatic carbocycles. The average molecular weight is 208 g/mol. The van der Waals surface area contributed by atoms with Crippen LogP contribution in [0.25, 0.3) is 6.08 Å². The number of rotatable bonds is 3. The summed E-state index contributed by atoms with van der Waals surface area (Å²) in [6.45, 7) is 3.78. The quantitative estimate of drug-likeness (QED) is 0.775. The van der Waals surface area contributed by atoms with Crippen LogP contribution in [0, 0.1) is 5.82 Å². The van der Waals surface area contributed by atoms with Crippen LogP contribution < -0.4 is 0 Å². The van der Waals surface area contributed by atoms with E-state index in [1.807, 2.05) is 13.8 Å². The van der Waals surface area contributed by atoms with Crippen LogP contribution in [0.4, 0.5) is 4.39 Å². The van der Waals surface area contributed by atoms with Gasteiger partial charge in [0.25, 0.3) is 0 Å². The zero-order valence-electron chi connectivity index (χ0n) is 8.70. The van der Waals surface area contributed by atoms with Crippen molar-refractivity contribution in [1.29, 1.82) is 0 Å². The molecule has 0 saturated carbocycles. The Morgan fingerprint density at radius 2 is 2.13 bits per heavy atom. The second kappa shape index (κ2) is 4.73. The Labute approximate surface area is 88.1 Å². The number of benzene rings is 1. The lowest BCUT2D eigenvalue weighted by molar-refractivity contribution is -0.131. The van der Waals surface area contributed by atoms with E-state index in [1.54, 1.807) is 18.2 Å². The Balaban J connectivity index is 3.10. The largest absolute Gasteiger partial charge is 0.478 e. The number of halogens is 1. The fourth-order valence-electron chi connectivity index (χ4n) is 1.30. The molecule has 1 aromatic carbocycles. The van der Waals surface area contributed by atoms with Crippen LogP contribution in [0.2, 0.25) is 0 Å². The molecule has 0 unspecified atom stereocenters. The van der Waals surface area contributed by atoms with Crippen molar-refractivity contribution in [1.82, 2.24) is 0 Å². The van der Waals surface area contributed by atoms with Gasteiger partial charge in [-0.2, -0.15) is 0 Å². The number of carboxylic acids is 1. The van der Waals surface area contributed by atoms with Gasteiger partial charge in [-0.1, -0.05) is 32.0 Å². The van der Waals surface area contributed by atoms with Gasteiger partial charge in [0.15, 0.2) is 0 Å². The van der Waals surface area contributed by atoms with Crippen molar-refractivity contribution < 1.29 is 14.3 Å². The highest BCUT2D eigenvalue weighted by atomic mass is 19.1. The molecular formula is C12H13FO2. The maximum Gasteiger partial charge on any atom is 0.328 e. The Morgan fingerprint density at radius 3 is 2.67 bits per heavy atom. The van der Waals surface area contributed by atoms with Crippen molar-refractivity contribution in [3.63, 3.8) is 0 Å². The van der Waals surface area contributed by atoms with Crippen molar-refractivity contribution >= 4 is 12.0 Å². The zero-order chi connectivity index (χ0) is 11.4. The number of aliphatic carboxylic acids is 1. The van der Waals surface area contributed by atoms with Gasteiger partial charge in [0.2, 0.25) is 0 Å². The van der Waals surface area contributed by atoms with Crippen LogP contribution >= 0.6 is 0 Å². The fourth-order valence-corrected chi connectivity index (χ4v) is 1.30. The highest BCUT2D eigenvalue weighted by Crippen LogP contribution is 2.21. The minimum atomic E-state index is -1.08. The van der Waals surface area contributed by atoms with Crippen LogP contribution in [0.1, 0.15) is 30.9 Å². The van der Waals surface area contributed by atoms with Crippen molar-refractivity contribution in [2.45, 2.75) is 19.8 Å². The van der Waals surface area contributed by atoms with E-state index in [2.05, 4.69) is 0 Å². The third kappa shape index (κ3) is 2.91. The molecule has 0 saturated heterocycles. The smallest absolute Gasteiger partial charge is 0.328 e. The van der Waals surface area contributed by atoms with E-state index in [9.17, 15) is 9.18 Å². The molecule has 1 rings (SSSR count). The van der Waals surface area contributed by atoms with Gasteiger partial charge in [0.1, 0.15) is 5.82 Å². The van der Waals surface area contributed by atoms with Gasteiger partial charge >= 0.3 is 5.97 Å². The monoisotopic (exact) mass is 208 g/mol. The van der Waals surface area contributed by atoms with Crippen LogP contribution in [0.3, 0.4) is 0 Å². The molecule has 0 amide bonds. The summed E-state index contributed by atoms with van der Waals surface area (Å²) in [5, 5.41) is 8.43. The predicted octanol–water partition coefficient (Wildman–Crippen LogP) is 3.05. The van der Waals surface area contributed by atoms with Crippen LogP contribution in [-0.2, 0) is 4.79 Å². The first kappa shape index (κ1) is 11.4. The molecule has 0 radical (unpaired) electrons. The molecule has 0 heterocycles. The lowest BCUT2D eigenvalue weighted by Crippen LogP contribution is -1.95. The molecule has 3 heteroatoms. The van der Waals surface area contributed by atoms with E-state index in [0.29, 0.717) is 11.1 Å². The standard InChI is InChI=1S/C12H13FO2/c1-8(2)10-5-3-4-9(12(10)13)6-7-11(14)15/h3-8H,1-2H3,(H,14,15)/b7-6+. The second-order valence-electron chi connectivity index (χ2n) is 3.58. The molecule has 0 bridgehead atoms. The van der Waals surface area contributed by atoms with Gasteiger partial charge < -0.3 is 5.11 Å². The number of hydrogen-bond donors (Lipinski definition) is 1. The molecule has 0 spiro atoms. The maximum atomic E-state index is 13.7. The third-order valence-electron chi connectivity index (χ3n) is 2.09. The maximum absolute atomic E-state index is 13.7. The summed E-state index contributed by atoms with van der Waals surface area (Å²) in [6.07, 6.45) is 2.20. The minimum absolute atomic E-state index is 0.0863. The van der Waals surface area contributed by atoms with E-state index in [-0.39, 0.29) is 11.7 Å². The zero-order valence-corrected chi connectivity index (χ0v) is 8.70. The molecule has 0 aliphatic heterocycles. The highest BCUT2D eigenvalue weighted by molar-refractivity contribution is 5.85. The summed E-state index contributed by atoms with van der Waals surface area (Å²) in [5.74, 6) is -1.34. The first-order valence-electron chi connectivity index (χ1n) is 4.71. The topological polar surface area (TPSA) is 37.3 Å². The SMILES string of the molecule is CC(C)c1cccc(/C=C/C(=O)O)c1F. The molecule has 0 aliphatic rings. The average Bonchev–Trinajstić information content (AvgIpc) is 2.15. The number of hydrogen-bond acceptors (Lipinski definition) is 1. The van der Waals surface area contributed by atoms with Gasteiger partial charge in [-0.25, -0.2) is 9.18 Å². The van der Waals surface area contributed by atoms with Crippen molar-refractivity contribution in [3.8, 4) is 0 Å². The summed E-state index contributed by atoms with van der Waals surface area (Å²) in [5.41, 5.74) is 0.908. The van der Waals surface area contributed by atoms with Crippen molar-refractivity contribution in [2.75, 3.05) is 0 Å². The first-order chi connectivity index (χ1) is 7.02.